The van der Waals surface area contributed by atoms with Crippen LogP contribution in [0.4, 0.5) is 0 Å². The molecular formula is C14H27NOS. The Hall–Kier alpha value is 0.270. The smallest absolute Gasteiger partial charge is 0.0701 e. The van der Waals surface area contributed by atoms with Crippen molar-refractivity contribution in [2.45, 2.75) is 57.6 Å². The van der Waals surface area contributed by atoms with E-state index in [1.807, 2.05) is 0 Å². The van der Waals surface area contributed by atoms with Crippen LogP contribution in [0.2, 0.25) is 0 Å². The fraction of sp³-hybridized carbons (Fsp3) is 1.00. The van der Waals surface area contributed by atoms with E-state index in [1.54, 1.807) is 0 Å². The molecule has 0 aromatic rings. The fourth-order valence-electron chi connectivity index (χ4n) is 3.26. The zero-order valence-corrected chi connectivity index (χ0v) is 12.1. The minimum atomic E-state index is 0.197. The molecule has 0 aliphatic carbocycles. The van der Waals surface area contributed by atoms with Gasteiger partial charge in [-0.15, -0.1) is 0 Å². The van der Waals surface area contributed by atoms with Crippen molar-refractivity contribution in [3.63, 3.8) is 0 Å². The van der Waals surface area contributed by atoms with Crippen molar-refractivity contribution in [2.75, 3.05) is 18.1 Å². The van der Waals surface area contributed by atoms with Gasteiger partial charge in [-0.2, -0.15) is 11.8 Å². The van der Waals surface area contributed by atoms with Crippen molar-refractivity contribution in [1.82, 2.24) is 0 Å². The van der Waals surface area contributed by atoms with E-state index < -0.39 is 0 Å². The maximum atomic E-state index is 6.38. The molecule has 0 bridgehead atoms. The van der Waals surface area contributed by atoms with E-state index in [4.69, 9.17) is 10.5 Å². The Balaban J connectivity index is 1.91. The lowest BCUT2D eigenvalue weighted by molar-refractivity contribution is -0.106. The highest BCUT2D eigenvalue weighted by atomic mass is 32.2. The topological polar surface area (TPSA) is 35.2 Å². The second kappa shape index (κ2) is 5.94. The van der Waals surface area contributed by atoms with Crippen molar-refractivity contribution in [2.24, 2.45) is 17.6 Å². The highest BCUT2D eigenvalue weighted by Crippen LogP contribution is 2.40. The van der Waals surface area contributed by atoms with E-state index in [9.17, 15) is 0 Å². The van der Waals surface area contributed by atoms with E-state index in [-0.39, 0.29) is 5.60 Å². The zero-order valence-electron chi connectivity index (χ0n) is 11.3. The van der Waals surface area contributed by atoms with Gasteiger partial charge in [-0.25, -0.2) is 0 Å². The van der Waals surface area contributed by atoms with Crippen LogP contribution < -0.4 is 5.73 Å². The average Bonchev–Trinajstić information content (AvgIpc) is 2.29. The molecule has 2 N–H and O–H groups in total. The number of ether oxygens (including phenoxy) is 1. The van der Waals surface area contributed by atoms with Crippen molar-refractivity contribution < 1.29 is 4.74 Å². The summed E-state index contributed by atoms with van der Waals surface area (Å²) in [5, 5.41) is 0. The Morgan fingerprint density at radius 2 is 2.06 bits per heavy atom. The van der Waals surface area contributed by atoms with Gasteiger partial charge in [-0.3, -0.25) is 0 Å². The average molecular weight is 257 g/mol. The summed E-state index contributed by atoms with van der Waals surface area (Å²) in [7, 11) is 0. The van der Waals surface area contributed by atoms with Crippen LogP contribution in [0.3, 0.4) is 0 Å². The third kappa shape index (κ3) is 3.62. The summed E-state index contributed by atoms with van der Waals surface area (Å²) >= 11 is 2.07. The molecule has 2 nitrogen and oxygen atoms in total. The molecule has 1 spiro atoms. The predicted octanol–water partition coefficient (Wildman–Crippen LogP) is 3.05. The SMILES string of the molecule is CC(C)CC(N)C1CCOC2(CCSCC2)C1. The summed E-state index contributed by atoms with van der Waals surface area (Å²) in [5.74, 6) is 3.94. The Labute approximate surface area is 110 Å². The Morgan fingerprint density at radius 3 is 2.71 bits per heavy atom. The number of rotatable bonds is 3. The van der Waals surface area contributed by atoms with Crippen molar-refractivity contribution in [3.8, 4) is 0 Å². The molecule has 0 amide bonds. The van der Waals surface area contributed by atoms with E-state index >= 15 is 0 Å². The van der Waals surface area contributed by atoms with Gasteiger partial charge in [0.15, 0.2) is 0 Å². The Morgan fingerprint density at radius 1 is 1.35 bits per heavy atom. The zero-order chi connectivity index (χ0) is 12.3. The molecule has 0 saturated carbocycles. The van der Waals surface area contributed by atoms with Crippen LogP contribution in [0.15, 0.2) is 0 Å². The molecule has 2 saturated heterocycles. The second-order valence-electron chi connectivity index (χ2n) is 6.19. The number of hydrogen-bond donors (Lipinski definition) is 1. The third-order valence-electron chi connectivity index (χ3n) is 4.28. The van der Waals surface area contributed by atoms with Crippen molar-refractivity contribution in [3.05, 3.63) is 0 Å². The maximum Gasteiger partial charge on any atom is 0.0701 e. The molecule has 2 unspecified atom stereocenters. The van der Waals surface area contributed by atoms with Crippen LogP contribution in [-0.2, 0) is 4.74 Å². The highest BCUT2D eigenvalue weighted by molar-refractivity contribution is 7.99. The molecular weight excluding hydrogens is 230 g/mol. The molecule has 17 heavy (non-hydrogen) atoms. The third-order valence-corrected chi connectivity index (χ3v) is 5.27. The summed E-state index contributed by atoms with van der Waals surface area (Å²) in [4.78, 5) is 0. The quantitative estimate of drug-likeness (QED) is 0.844. The van der Waals surface area contributed by atoms with Gasteiger partial charge >= 0.3 is 0 Å². The van der Waals surface area contributed by atoms with Crippen LogP contribution in [0.5, 0.6) is 0 Å². The monoisotopic (exact) mass is 257 g/mol. The van der Waals surface area contributed by atoms with Crippen LogP contribution in [0.1, 0.15) is 46.0 Å². The van der Waals surface area contributed by atoms with E-state index in [2.05, 4.69) is 25.6 Å². The molecule has 0 aromatic carbocycles. The van der Waals surface area contributed by atoms with Gasteiger partial charge in [0.2, 0.25) is 0 Å². The molecule has 2 aliphatic rings. The van der Waals surface area contributed by atoms with Gasteiger partial charge in [-0.1, -0.05) is 13.8 Å². The highest BCUT2D eigenvalue weighted by Gasteiger charge is 2.40. The van der Waals surface area contributed by atoms with E-state index in [1.165, 1.54) is 37.2 Å². The molecule has 2 heterocycles. The molecule has 2 atom stereocenters. The first-order valence-electron chi connectivity index (χ1n) is 7.09. The molecule has 2 rings (SSSR count). The molecule has 3 heteroatoms. The van der Waals surface area contributed by atoms with Gasteiger partial charge in [0, 0.05) is 12.6 Å². The lowest BCUT2D eigenvalue weighted by atomic mass is 9.77. The Kier molecular flexibility index (Phi) is 4.79. The number of thioether (sulfide) groups is 1. The van der Waals surface area contributed by atoms with Crippen molar-refractivity contribution >= 4 is 11.8 Å². The molecule has 2 aliphatic heterocycles. The van der Waals surface area contributed by atoms with Crippen molar-refractivity contribution in [1.29, 1.82) is 0 Å². The first-order valence-corrected chi connectivity index (χ1v) is 8.24. The first-order chi connectivity index (χ1) is 8.11. The summed E-state index contributed by atoms with van der Waals surface area (Å²) in [6, 6.07) is 0.380. The van der Waals surface area contributed by atoms with Gasteiger partial charge < -0.3 is 10.5 Å². The Bertz CT molecular complexity index is 233. The van der Waals surface area contributed by atoms with E-state index in [0.717, 1.165) is 13.0 Å². The van der Waals surface area contributed by atoms with Gasteiger partial charge in [0.1, 0.15) is 0 Å². The lowest BCUT2D eigenvalue weighted by Gasteiger charge is -2.45. The van der Waals surface area contributed by atoms with Crippen LogP contribution in [0, 0.1) is 11.8 Å². The molecule has 2 fully saturated rings. The van der Waals surface area contributed by atoms with Crippen LogP contribution in [0.25, 0.3) is 0 Å². The van der Waals surface area contributed by atoms with Gasteiger partial charge in [0.05, 0.1) is 5.60 Å². The standard InChI is InChI=1S/C14H27NOS/c1-11(2)9-13(15)12-3-6-16-14(10-12)4-7-17-8-5-14/h11-13H,3-10,15H2,1-2H3. The fourth-order valence-corrected chi connectivity index (χ4v) is 4.50. The van der Waals surface area contributed by atoms with E-state index in [0.29, 0.717) is 17.9 Å². The van der Waals surface area contributed by atoms with Crippen LogP contribution >= 0.6 is 11.8 Å². The summed E-state index contributed by atoms with van der Waals surface area (Å²) < 4.78 is 6.12. The largest absolute Gasteiger partial charge is 0.375 e. The first kappa shape index (κ1) is 13.7. The molecule has 100 valence electrons. The molecule has 0 aromatic heterocycles. The summed E-state index contributed by atoms with van der Waals surface area (Å²) in [6.45, 7) is 5.47. The van der Waals surface area contributed by atoms with Crippen LogP contribution in [-0.4, -0.2) is 29.8 Å². The number of hydrogen-bond acceptors (Lipinski definition) is 3. The second-order valence-corrected chi connectivity index (χ2v) is 7.41. The lowest BCUT2D eigenvalue weighted by Crippen LogP contribution is -2.47. The molecule has 0 radical (unpaired) electrons. The van der Waals surface area contributed by atoms with Gasteiger partial charge in [0.25, 0.3) is 0 Å². The normalized spacial score (nSPS) is 30.7. The minimum absolute atomic E-state index is 0.197. The minimum Gasteiger partial charge on any atom is -0.375 e. The maximum absolute atomic E-state index is 6.38. The summed E-state index contributed by atoms with van der Waals surface area (Å²) in [6.07, 6.45) is 6.02. The predicted molar refractivity (Wildman–Crippen MR) is 75.4 cm³/mol. The summed E-state index contributed by atoms with van der Waals surface area (Å²) in [5.41, 5.74) is 6.58. The van der Waals surface area contributed by atoms with Gasteiger partial charge in [-0.05, 0) is 55.4 Å². The number of nitrogens with two attached hydrogens (primary N) is 1.